The standard InChI is InChI=1S/C24H23N/c25-19-11-8-17(9-12-19)18-10-13-21-20-6-2-3-7-22(20)24(23(21)16-18)14-4-1-5-15-24/h2-3,6-13,16H,1,4-5,14-15,25H2. The lowest BCUT2D eigenvalue weighted by atomic mass is 9.67. The molecule has 2 aliphatic rings. The fourth-order valence-corrected chi connectivity index (χ4v) is 5.00. The number of rotatable bonds is 1. The average molecular weight is 325 g/mol. The summed E-state index contributed by atoms with van der Waals surface area (Å²) in [6.45, 7) is 0. The molecule has 5 rings (SSSR count). The first-order chi connectivity index (χ1) is 12.3. The SMILES string of the molecule is Nc1ccc(-c2ccc3c(c2)C2(CCCCC2)c2ccccc2-3)cc1. The first-order valence-electron chi connectivity index (χ1n) is 9.38. The summed E-state index contributed by atoms with van der Waals surface area (Å²) in [4.78, 5) is 0. The molecule has 25 heavy (non-hydrogen) atoms. The largest absolute Gasteiger partial charge is 0.399 e. The molecule has 2 aliphatic carbocycles. The first kappa shape index (κ1) is 14.8. The lowest BCUT2D eigenvalue weighted by molar-refractivity contribution is 0.353. The van der Waals surface area contributed by atoms with Gasteiger partial charge in [-0.3, -0.25) is 0 Å². The second kappa shape index (κ2) is 5.49. The van der Waals surface area contributed by atoms with E-state index in [0.717, 1.165) is 5.69 Å². The molecule has 0 atom stereocenters. The normalized spacial score (nSPS) is 17.3. The van der Waals surface area contributed by atoms with Crippen LogP contribution in [0, 0.1) is 0 Å². The Bertz CT molecular complexity index is 931. The fourth-order valence-electron chi connectivity index (χ4n) is 5.00. The summed E-state index contributed by atoms with van der Waals surface area (Å²) in [7, 11) is 0. The molecule has 124 valence electrons. The van der Waals surface area contributed by atoms with Crippen molar-refractivity contribution < 1.29 is 0 Å². The number of nitrogens with two attached hydrogens (primary N) is 1. The van der Waals surface area contributed by atoms with Gasteiger partial charge in [-0.2, -0.15) is 0 Å². The zero-order valence-corrected chi connectivity index (χ0v) is 14.5. The molecule has 3 aromatic carbocycles. The number of fused-ring (bicyclic) bond motifs is 5. The van der Waals surface area contributed by atoms with E-state index >= 15 is 0 Å². The minimum absolute atomic E-state index is 0.230. The lowest BCUT2D eigenvalue weighted by Crippen LogP contribution is -2.28. The van der Waals surface area contributed by atoms with Gasteiger partial charge in [0.15, 0.2) is 0 Å². The van der Waals surface area contributed by atoms with E-state index < -0.39 is 0 Å². The summed E-state index contributed by atoms with van der Waals surface area (Å²) in [6.07, 6.45) is 6.60. The maximum Gasteiger partial charge on any atom is 0.0314 e. The van der Waals surface area contributed by atoms with E-state index in [-0.39, 0.29) is 5.41 Å². The van der Waals surface area contributed by atoms with Crippen LogP contribution in [-0.2, 0) is 5.41 Å². The van der Waals surface area contributed by atoms with Crippen molar-refractivity contribution in [1.29, 1.82) is 0 Å². The van der Waals surface area contributed by atoms with Crippen LogP contribution >= 0.6 is 0 Å². The third-order valence-corrected chi connectivity index (χ3v) is 6.22. The first-order valence-corrected chi connectivity index (χ1v) is 9.38. The summed E-state index contributed by atoms with van der Waals surface area (Å²) in [5.41, 5.74) is 15.5. The van der Waals surface area contributed by atoms with Crippen molar-refractivity contribution in [2.75, 3.05) is 5.73 Å². The highest BCUT2D eigenvalue weighted by molar-refractivity contribution is 5.84. The van der Waals surface area contributed by atoms with Crippen molar-refractivity contribution in [2.45, 2.75) is 37.5 Å². The monoisotopic (exact) mass is 325 g/mol. The van der Waals surface area contributed by atoms with Gasteiger partial charge in [0.1, 0.15) is 0 Å². The second-order valence-corrected chi connectivity index (χ2v) is 7.57. The Kier molecular flexibility index (Phi) is 3.24. The maximum absolute atomic E-state index is 5.86. The Hall–Kier alpha value is -2.54. The average Bonchev–Trinajstić information content (AvgIpc) is 2.93. The molecule has 0 bridgehead atoms. The van der Waals surface area contributed by atoms with Crippen LogP contribution in [0.2, 0.25) is 0 Å². The fraction of sp³-hybridized carbons (Fsp3) is 0.250. The molecule has 0 aromatic heterocycles. The zero-order valence-electron chi connectivity index (χ0n) is 14.5. The van der Waals surface area contributed by atoms with Crippen LogP contribution in [0.4, 0.5) is 5.69 Å². The number of hydrogen-bond donors (Lipinski definition) is 1. The molecule has 3 aromatic rings. The van der Waals surface area contributed by atoms with Crippen molar-refractivity contribution >= 4 is 5.69 Å². The molecule has 0 radical (unpaired) electrons. The van der Waals surface area contributed by atoms with Gasteiger partial charge in [-0.15, -0.1) is 0 Å². The third-order valence-electron chi connectivity index (χ3n) is 6.22. The van der Waals surface area contributed by atoms with E-state index in [1.165, 1.54) is 54.4 Å². The zero-order chi connectivity index (χ0) is 16.9. The van der Waals surface area contributed by atoms with E-state index in [1.54, 1.807) is 11.1 Å². The van der Waals surface area contributed by atoms with E-state index in [1.807, 2.05) is 12.1 Å². The van der Waals surface area contributed by atoms with Crippen LogP contribution in [0.25, 0.3) is 22.3 Å². The van der Waals surface area contributed by atoms with Crippen molar-refractivity contribution in [2.24, 2.45) is 0 Å². The summed E-state index contributed by atoms with van der Waals surface area (Å²) in [5, 5.41) is 0. The van der Waals surface area contributed by atoms with Crippen LogP contribution in [0.3, 0.4) is 0 Å². The second-order valence-electron chi connectivity index (χ2n) is 7.57. The van der Waals surface area contributed by atoms with E-state index in [4.69, 9.17) is 5.73 Å². The van der Waals surface area contributed by atoms with Gasteiger partial charge in [0.05, 0.1) is 0 Å². The van der Waals surface area contributed by atoms with Gasteiger partial charge in [0, 0.05) is 11.1 Å². The molecule has 0 heterocycles. The van der Waals surface area contributed by atoms with E-state index in [2.05, 4.69) is 54.6 Å². The van der Waals surface area contributed by atoms with Crippen LogP contribution in [0.1, 0.15) is 43.2 Å². The quantitative estimate of drug-likeness (QED) is 0.532. The summed E-state index contributed by atoms with van der Waals surface area (Å²) < 4.78 is 0. The van der Waals surface area contributed by atoms with Gasteiger partial charge in [0.25, 0.3) is 0 Å². The minimum atomic E-state index is 0.230. The number of benzene rings is 3. The van der Waals surface area contributed by atoms with Crippen molar-refractivity contribution in [1.82, 2.24) is 0 Å². The summed E-state index contributed by atoms with van der Waals surface area (Å²) in [5.74, 6) is 0. The van der Waals surface area contributed by atoms with Gasteiger partial charge in [0.2, 0.25) is 0 Å². The topological polar surface area (TPSA) is 26.0 Å². The molecule has 1 spiro atoms. The predicted octanol–water partition coefficient (Wildman–Crippen LogP) is 6.17. The molecule has 1 heteroatoms. The van der Waals surface area contributed by atoms with Gasteiger partial charge in [-0.1, -0.05) is 67.8 Å². The Balaban J connectivity index is 1.71. The van der Waals surface area contributed by atoms with Crippen LogP contribution in [0.15, 0.2) is 66.7 Å². The van der Waals surface area contributed by atoms with Crippen LogP contribution < -0.4 is 5.73 Å². The summed E-state index contributed by atoms with van der Waals surface area (Å²) in [6, 6.07) is 24.4. The van der Waals surface area contributed by atoms with Gasteiger partial charge < -0.3 is 5.73 Å². The number of nitrogen functional groups attached to an aromatic ring is 1. The Labute approximate surface area is 149 Å². The smallest absolute Gasteiger partial charge is 0.0314 e. The van der Waals surface area contributed by atoms with Crippen LogP contribution in [0.5, 0.6) is 0 Å². The number of hydrogen-bond acceptors (Lipinski definition) is 1. The molecular formula is C24H23N. The summed E-state index contributed by atoms with van der Waals surface area (Å²) >= 11 is 0. The molecule has 1 saturated carbocycles. The molecule has 1 nitrogen and oxygen atoms in total. The maximum atomic E-state index is 5.86. The molecule has 2 N–H and O–H groups in total. The molecule has 1 fully saturated rings. The Morgan fingerprint density at radius 2 is 1.32 bits per heavy atom. The minimum Gasteiger partial charge on any atom is -0.399 e. The third kappa shape index (κ3) is 2.15. The number of anilines is 1. The molecule has 0 saturated heterocycles. The Morgan fingerprint density at radius 3 is 2.12 bits per heavy atom. The Morgan fingerprint density at radius 1 is 0.640 bits per heavy atom. The van der Waals surface area contributed by atoms with Crippen molar-refractivity contribution in [3.05, 3.63) is 77.9 Å². The molecular weight excluding hydrogens is 302 g/mol. The molecule has 0 unspecified atom stereocenters. The lowest BCUT2D eigenvalue weighted by Gasteiger charge is -2.36. The van der Waals surface area contributed by atoms with E-state index in [0.29, 0.717) is 0 Å². The van der Waals surface area contributed by atoms with Gasteiger partial charge >= 0.3 is 0 Å². The van der Waals surface area contributed by atoms with Crippen molar-refractivity contribution in [3.63, 3.8) is 0 Å². The van der Waals surface area contributed by atoms with Gasteiger partial charge in [-0.05, 0) is 64.4 Å². The highest BCUT2D eigenvalue weighted by Gasteiger charge is 2.43. The van der Waals surface area contributed by atoms with Crippen molar-refractivity contribution in [3.8, 4) is 22.3 Å². The highest BCUT2D eigenvalue weighted by atomic mass is 14.5. The predicted molar refractivity (Wildman–Crippen MR) is 106 cm³/mol. The van der Waals surface area contributed by atoms with Crippen LogP contribution in [-0.4, -0.2) is 0 Å². The highest BCUT2D eigenvalue weighted by Crippen LogP contribution is 2.56. The van der Waals surface area contributed by atoms with Gasteiger partial charge in [-0.25, -0.2) is 0 Å². The molecule has 0 aliphatic heterocycles. The molecule has 0 amide bonds. The van der Waals surface area contributed by atoms with E-state index in [9.17, 15) is 0 Å².